The molecule has 0 atom stereocenters. The molecule has 25 heavy (non-hydrogen) atoms. The van der Waals surface area contributed by atoms with Crippen LogP contribution >= 0.6 is 0 Å². The molecule has 1 aromatic carbocycles. The van der Waals surface area contributed by atoms with E-state index in [2.05, 4.69) is 25.6 Å². The molecule has 0 saturated carbocycles. The third kappa shape index (κ3) is 4.51. The van der Waals surface area contributed by atoms with Crippen LogP contribution in [0.3, 0.4) is 0 Å². The molecule has 0 spiro atoms. The molecular weight excluding hydrogens is 318 g/mol. The topological polar surface area (TPSA) is 89.0 Å². The van der Waals surface area contributed by atoms with Gasteiger partial charge in [0.15, 0.2) is 0 Å². The number of benzene rings is 1. The monoisotopic (exact) mass is 335 g/mol. The zero-order valence-corrected chi connectivity index (χ0v) is 13.6. The molecular formula is C18H17N5O2. The van der Waals surface area contributed by atoms with Crippen LogP contribution in [0.15, 0.2) is 61.1 Å². The number of rotatable bonds is 6. The molecule has 2 N–H and O–H groups in total. The summed E-state index contributed by atoms with van der Waals surface area (Å²) in [5.41, 5.74) is 1.96. The number of hydrogen-bond donors (Lipinski definition) is 2. The van der Waals surface area contributed by atoms with Crippen LogP contribution in [0.4, 0.5) is 11.6 Å². The van der Waals surface area contributed by atoms with Crippen LogP contribution < -0.4 is 15.4 Å². The van der Waals surface area contributed by atoms with Crippen LogP contribution in [-0.2, 0) is 6.54 Å². The Morgan fingerprint density at radius 1 is 1.08 bits per heavy atom. The predicted molar refractivity (Wildman–Crippen MR) is 93.7 cm³/mol. The Labute approximate surface area is 145 Å². The number of anilines is 2. The number of nitrogens with one attached hydrogen (secondary N) is 2. The van der Waals surface area contributed by atoms with E-state index in [4.69, 9.17) is 4.74 Å². The van der Waals surface area contributed by atoms with Crippen LogP contribution in [0.5, 0.6) is 5.75 Å². The van der Waals surface area contributed by atoms with Crippen molar-refractivity contribution in [1.82, 2.24) is 20.3 Å². The zero-order valence-electron chi connectivity index (χ0n) is 13.6. The fourth-order valence-corrected chi connectivity index (χ4v) is 2.12. The highest BCUT2D eigenvalue weighted by Gasteiger charge is 2.07. The maximum atomic E-state index is 12.1. The van der Waals surface area contributed by atoms with Crippen molar-refractivity contribution in [2.24, 2.45) is 0 Å². The summed E-state index contributed by atoms with van der Waals surface area (Å²) in [4.78, 5) is 24.6. The van der Waals surface area contributed by atoms with E-state index in [1.807, 2.05) is 42.5 Å². The molecule has 0 radical (unpaired) electrons. The minimum atomic E-state index is -0.251. The molecule has 3 rings (SSSR count). The molecule has 7 heteroatoms. The molecule has 0 fully saturated rings. The molecule has 0 saturated heterocycles. The van der Waals surface area contributed by atoms with Gasteiger partial charge in [-0.1, -0.05) is 12.1 Å². The van der Waals surface area contributed by atoms with Gasteiger partial charge in [0.05, 0.1) is 24.9 Å². The fraction of sp³-hybridized carbons (Fsp3) is 0.111. The summed E-state index contributed by atoms with van der Waals surface area (Å²) < 4.78 is 5.17. The third-order valence-corrected chi connectivity index (χ3v) is 3.40. The molecule has 1 amide bonds. The first-order valence-corrected chi connectivity index (χ1v) is 7.66. The molecule has 0 aliphatic carbocycles. The van der Waals surface area contributed by atoms with Crippen molar-refractivity contribution in [3.05, 3.63) is 72.3 Å². The number of hydrogen-bond acceptors (Lipinski definition) is 6. The number of carbonyl (C=O) groups is 1. The lowest BCUT2D eigenvalue weighted by Crippen LogP contribution is -2.23. The molecule has 2 aromatic heterocycles. The van der Waals surface area contributed by atoms with E-state index in [-0.39, 0.29) is 5.91 Å². The van der Waals surface area contributed by atoms with E-state index in [0.717, 1.165) is 17.1 Å². The minimum Gasteiger partial charge on any atom is -0.497 e. The highest BCUT2D eigenvalue weighted by atomic mass is 16.5. The predicted octanol–water partition coefficient (Wildman–Crippen LogP) is 2.55. The molecule has 0 bridgehead atoms. The van der Waals surface area contributed by atoms with Gasteiger partial charge in [-0.3, -0.25) is 9.78 Å². The van der Waals surface area contributed by atoms with Crippen molar-refractivity contribution >= 4 is 17.5 Å². The average Bonchev–Trinajstić information content (AvgIpc) is 2.67. The molecule has 7 nitrogen and oxygen atoms in total. The second-order valence-electron chi connectivity index (χ2n) is 5.16. The summed E-state index contributed by atoms with van der Waals surface area (Å²) >= 11 is 0. The van der Waals surface area contributed by atoms with Crippen molar-refractivity contribution < 1.29 is 9.53 Å². The van der Waals surface area contributed by atoms with Gasteiger partial charge in [-0.25, -0.2) is 9.97 Å². The molecule has 0 unspecified atom stereocenters. The van der Waals surface area contributed by atoms with Crippen LogP contribution in [0.25, 0.3) is 0 Å². The smallest absolute Gasteiger partial charge is 0.254 e. The Balaban J connectivity index is 1.60. The quantitative estimate of drug-likeness (QED) is 0.720. The van der Waals surface area contributed by atoms with Crippen molar-refractivity contribution in [2.45, 2.75) is 6.54 Å². The van der Waals surface area contributed by atoms with Gasteiger partial charge in [0, 0.05) is 30.3 Å². The Morgan fingerprint density at radius 3 is 2.64 bits per heavy atom. The molecule has 2 heterocycles. The van der Waals surface area contributed by atoms with E-state index in [9.17, 15) is 4.79 Å². The van der Waals surface area contributed by atoms with Gasteiger partial charge in [0.1, 0.15) is 5.75 Å². The first-order valence-electron chi connectivity index (χ1n) is 7.66. The summed E-state index contributed by atoms with van der Waals surface area (Å²) in [6.07, 6.45) is 4.64. The lowest BCUT2D eigenvalue weighted by Gasteiger charge is -2.07. The van der Waals surface area contributed by atoms with Crippen LogP contribution in [0, 0.1) is 0 Å². The zero-order chi connectivity index (χ0) is 17.5. The first-order chi connectivity index (χ1) is 12.2. The van der Waals surface area contributed by atoms with Crippen molar-refractivity contribution in [3.63, 3.8) is 0 Å². The second-order valence-corrected chi connectivity index (χ2v) is 5.16. The number of ether oxygens (including phenoxy) is 1. The maximum absolute atomic E-state index is 12.1. The first kappa shape index (κ1) is 16.4. The van der Waals surface area contributed by atoms with Gasteiger partial charge in [-0.15, -0.1) is 0 Å². The highest BCUT2D eigenvalue weighted by Crippen LogP contribution is 2.19. The summed E-state index contributed by atoms with van der Waals surface area (Å²) in [6, 6.07) is 13.0. The highest BCUT2D eigenvalue weighted by molar-refractivity contribution is 5.93. The number of aromatic nitrogens is 3. The van der Waals surface area contributed by atoms with Crippen molar-refractivity contribution in [1.29, 1.82) is 0 Å². The number of methoxy groups -OCH3 is 1. The number of pyridine rings is 1. The molecule has 0 aliphatic rings. The van der Waals surface area contributed by atoms with Gasteiger partial charge >= 0.3 is 0 Å². The van der Waals surface area contributed by atoms with Gasteiger partial charge in [0.25, 0.3) is 5.91 Å². The summed E-state index contributed by atoms with van der Waals surface area (Å²) in [5.74, 6) is 0.878. The maximum Gasteiger partial charge on any atom is 0.254 e. The Kier molecular flexibility index (Phi) is 5.16. The van der Waals surface area contributed by atoms with Gasteiger partial charge in [0.2, 0.25) is 5.95 Å². The van der Waals surface area contributed by atoms with E-state index in [0.29, 0.717) is 18.1 Å². The lowest BCUT2D eigenvalue weighted by atomic mass is 10.3. The fourth-order valence-electron chi connectivity index (χ4n) is 2.12. The summed E-state index contributed by atoms with van der Waals surface area (Å²) in [5, 5.41) is 5.84. The van der Waals surface area contributed by atoms with Gasteiger partial charge < -0.3 is 15.4 Å². The number of amides is 1. The lowest BCUT2D eigenvalue weighted by molar-refractivity contribution is 0.0949. The molecule has 126 valence electrons. The largest absolute Gasteiger partial charge is 0.497 e. The summed E-state index contributed by atoms with van der Waals surface area (Å²) in [6.45, 7) is 0.351. The van der Waals surface area contributed by atoms with Crippen LogP contribution in [-0.4, -0.2) is 28.0 Å². The second kappa shape index (κ2) is 7.87. The van der Waals surface area contributed by atoms with Crippen LogP contribution in [0.2, 0.25) is 0 Å². The van der Waals surface area contributed by atoms with Crippen molar-refractivity contribution in [2.75, 3.05) is 12.4 Å². The average molecular weight is 335 g/mol. The standard InChI is InChI=1S/C18H17N5O2/c1-25-16-7-4-6-14(9-16)23-18-21-10-13(11-22-18)17(24)20-12-15-5-2-3-8-19-15/h2-11H,12H2,1H3,(H,20,24)(H,21,22,23). The Bertz CT molecular complexity index is 838. The Morgan fingerprint density at radius 2 is 1.92 bits per heavy atom. The van der Waals surface area contributed by atoms with E-state index < -0.39 is 0 Å². The van der Waals surface area contributed by atoms with E-state index >= 15 is 0 Å². The van der Waals surface area contributed by atoms with Gasteiger partial charge in [-0.2, -0.15) is 0 Å². The Hall–Kier alpha value is -3.48. The number of nitrogens with zero attached hydrogens (tertiary/aromatic N) is 3. The minimum absolute atomic E-state index is 0.251. The van der Waals surface area contributed by atoms with E-state index in [1.165, 1.54) is 12.4 Å². The van der Waals surface area contributed by atoms with Crippen molar-refractivity contribution in [3.8, 4) is 5.75 Å². The summed E-state index contributed by atoms with van der Waals surface area (Å²) in [7, 11) is 1.61. The van der Waals surface area contributed by atoms with Crippen LogP contribution in [0.1, 0.15) is 16.1 Å². The molecule has 3 aromatic rings. The van der Waals surface area contributed by atoms with E-state index in [1.54, 1.807) is 13.3 Å². The SMILES string of the molecule is COc1cccc(Nc2ncc(C(=O)NCc3ccccn3)cn2)c1. The molecule has 0 aliphatic heterocycles. The van der Waals surface area contributed by atoms with Gasteiger partial charge in [-0.05, 0) is 24.3 Å². The normalized spacial score (nSPS) is 10.1. The third-order valence-electron chi connectivity index (χ3n) is 3.40. The number of carbonyl (C=O) groups excluding carboxylic acids is 1.